The Labute approximate surface area is 207 Å². The number of methoxy groups -OCH3 is 2. The molecule has 0 aliphatic heterocycles. The maximum absolute atomic E-state index is 6.63. The van der Waals surface area contributed by atoms with Crippen molar-refractivity contribution in [2.75, 3.05) is 66.2 Å². The molecule has 0 atom stereocenters. The molecule has 0 saturated carbocycles. The van der Waals surface area contributed by atoms with Gasteiger partial charge >= 0.3 is 0 Å². The maximum Gasteiger partial charge on any atom is 0.187 e. The molecule has 0 unspecified atom stereocenters. The minimum absolute atomic E-state index is 0.342. The predicted molar refractivity (Wildman–Crippen MR) is 136 cm³/mol. The fraction of sp³-hybridized carbons (Fsp3) is 0.409. The van der Waals surface area contributed by atoms with Gasteiger partial charge in [-0.1, -0.05) is 35.0 Å². The van der Waals surface area contributed by atoms with E-state index in [1.54, 1.807) is 12.3 Å². The van der Waals surface area contributed by atoms with Gasteiger partial charge in [0.2, 0.25) is 0 Å². The second kappa shape index (κ2) is 11.9. The summed E-state index contributed by atoms with van der Waals surface area (Å²) in [5.74, 6) is 1.46. The van der Waals surface area contributed by atoms with E-state index in [0.717, 1.165) is 11.9 Å². The molecule has 0 spiro atoms. The smallest absolute Gasteiger partial charge is 0.187 e. The quantitative estimate of drug-likeness (QED) is 0.223. The Morgan fingerprint density at radius 3 is 2.33 bits per heavy atom. The standard InChI is InChI=1S/C22H27Cl2N5O3S/c1-29(2)7-9-32-8-6-25-21-20-13(12-26-22(28-20)33-5)10-14(27-21)17-18(23)15(30-3)11-16(31-4)19(17)24/h10-12H,6-9H2,1-5H3,(H,25,27). The van der Waals surface area contributed by atoms with E-state index in [9.17, 15) is 0 Å². The van der Waals surface area contributed by atoms with E-state index >= 15 is 0 Å². The molecule has 0 aliphatic carbocycles. The van der Waals surface area contributed by atoms with Crippen LogP contribution in [0.15, 0.2) is 23.5 Å². The molecule has 1 N–H and O–H groups in total. The maximum atomic E-state index is 6.63. The van der Waals surface area contributed by atoms with Crippen LogP contribution in [0, 0.1) is 0 Å². The van der Waals surface area contributed by atoms with Crippen LogP contribution >= 0.6 is 35.0 Å². The van der Waals surface area contributed by atoms with Crippen LogP contribution in [0.5, 0.6) is 11.5 Å². The zero-order valence-electron chi connectivity index (χ0n) is 19.2. The lowest BCUT2D eigenvalue weighted by Crippen LogP contribution is -2.20. The second-order valence-electron chi connectivity index (χ2n) is 7.28. The van der Waals surface area contributed by atoms with Crippen molar-refractivity contribution < 1.29 is 14.2 Å². The molecule has 3 rings (SSSR count). The third-order valence-corrected chi connectivity index (χ3v) is 6.09. The molecule has 0 saturated heterocycles. The van der Waals surface area contributed by atoms with Gasteiger partial charge in [-0.2, -0.15) is 0 Å². The van der Waals surface area contributed by atoms with Gasteiger partial charge in [0.25, 0.3) is 0 Å². The number of ether oxygens (including phenoxy) is 3. The highest BCUT2D eigenvalue weighted by Crippen LogP contribution is 2.46. The van der Waals surface area contributed by atoms with Crippen molar-refractivity contribution >= 4 is 51.7 Å². The summed E-state index contributed by atoms with van der Waals surface area (Å²) in [6.07, 6.45) is 3.69. The van der Waals surface area contributed by atoms with Crippen molar-refractivity contribution in [2.24, 2.45) is 0 Å². The van der Waals surface area contributed by atoms with E-state index < -0.39 is 0 Å². The molecule has 0 amide bonds. The van der Waals surface area contributed by atoms with Crippen LogP contribution in [-0.4, -0.2) is 80.7 Å². The highest BCUT2D eigenvalue weighted by molar-refractivity contribution is 7.98. The first-order chi connectivity index (χ1) is 15.9. The molecular weight excluding hydrogens is 485 g/mol. The van der Waals surface area contributed by atoms with Gasteiger partial charge in [0.05, 0.1) is 43.2 Å². The van der Waals surface area contributed by atoms with Crippen LogP contribution in [0.25, 0.3) is 22.2 Å². The van der Waals surface area contributed by atoms with E-state index in [0.29, 0.717) is 69.1 Å². The number of thioether (sulfide) groups is 1. The first-order valence-electron chi connectivity index (χ1n) is 10.2. The van der Waals surface area contributed by atoms with Crippen LogP contribution < -0.4 is 14.8 Å². The molecule has 2 heterocycles. The molecule has 3 aromatic rings. The first kappa shape index (κ1) is 25.6. The molecular formula is C22H27Cl2N5O3S. The summed E-state index contributed by atoms with van der Waals surface area (Å²) in [4.78, 5) is 15.9. The summed E-state index contributed by atoms with van der Waals surface area (Å²) in [5.41, 5.74) is 1.76. The summed E-state index contributed by atoms with van der Waals surface area (Å²) in [6.45, 7) is 2.59. The molecule has 33 heavy (non-hydrogen) atoms. The monoisotopic (exact) mass is 511 g/mol. The predicted octanol–water partition coefficient (Wildman–Crippen LogP) is 4.73. The number of aromatic nitrogens is 3. The van der Waals surface area contributed by atoms with Crippen LogP contribution in [-0.2, 0) is 4.74 Å². The van der Waals surface area contributed by atoms with E-state index in [2.05, 4.69) is 20.2 Å². The van der Waals surface area contributed by atoms with Crippen molar-refractivity contribution in [3.05, 3.63) is 28.4 Å². The molecule has 1 aromatic carbocycles. The molecule has 0 radical (unpaired) electrons. The lowest BCUT2D eigenvalue weighted by atomic mass is 10.1. The molecule has 8 nitrogen and oxygen atoms in total. The van der Waals surface area contributed by atoms with Gasteiger partial charge in [0.15, 0.2) is 11.0 Å². The number of hydrogen-bond donors (Lipinski definition) is 1. The average Bonchev–Trinajstić information content (AvgIpc) is 2.81. The molecule has 178 valence electrons. The molecule has 0 bridgehead atoms. The van der Waals surface area contributed by atoms with Crippen molar-refractivity contribution in [3.8, 4) is 22.8 Å². The molecule has 2 aromatic heterocycles. The first-order valence-corrected chi connectivity index (χ1v) is 12.2. The Bertz CT molecular complexity index is 1090. The zero-order chi connectivity index (χ0) is 24.0. The summed E-state index contributed by atoms with van der Waals surface area (Å²) in [6, 6.07) is 3.50. The summed E-state index contributed by atoms with van der Waals surface area (Å²) >= 11 is 14.7. The normalized spacial score (nSPS) is 11.3. The summed E-state index contributed by atoms with van der Waals surface area (Å²) < 4.78 is 16.5. The van der Waals surface area contributed by atoms with Crippen LogP contribution in [0.2, 0.25) is 10.0 Å². The Kier molecular flexibility index (Phi) is 9.22. The number of benzene rings is 1. The van der Waals surface area contributed by atoms with Gasteiger partial charge < -0.3 is 24.4 Å². The Morgan fingerprint density at radius 1 is 1.03 bits per heavy atom. The van der Waals surface area contributed by atoms with Crippen LogP contribution in [0.3, 0.4) is 0 Å². The minimum atomic E-state index is 0.342. The minimum Gasteiger partial charge on any atom is -0.495 e. The third kappa shape index (κ3) is 6.10. The Balaban J connectivity index is 2.02. The van der Waals surface area contributed by atoms with Gasteiger partial charge in [-0.15, -0.1) is 0 Å². The Hall–Kier alpha value is -2.04. The number of fused-ring (bicyclic) bond motifs is 1. The highest BCUT2D eigenvalue weighted by atomic mass is 35.5. The van der Waals surface area contributed by atoms with Gasteiger partial charge in [0.1, 0.15) is 17.0 Å². The number of nitrogens with zero attached hydrogens (tertiary/aromatic N) is 4. The highest BCUT2D eigenvalue weighted by Gasteiger charge is 2.21. The summed E-state index contributed by atoms with van der Waals surface area (Å²) in [7, 11) is 7.09. The van der Waals surface area contributed by atoms with Crippen LogP contribution in [0.1, 0.15) is 0 Å². The van der Waals surface area contributed by atoms with Gasteiger partial charge in [-0.05, 0) is 26.4 Å². The van der Waals surface area contributed by atoms with Crippen molar-refractivity contribution in [2.45, 2.75) is 5.16 Å². The lowest BCUT2D eigenvalue weighted by molar-refractivity contribution is 0.126. The fourth-order valence-corrected chi connectivity index (χ4v) is 4.11. The fourth-order valence-electron chi connectivity index (χ4n) is 3.07. The average molecular weight is 512 g/mol. The lowest BCUT2D eigenvalue weighted by Gasteiger charge is -2.16. The number of anilines is 1. The number of rotatable bonds is 11. The number of pyridine rings is 1. The Morgan fingerprint density at radius 2 is 1.73 bits per heavy atom. The molecule has 11 heteroatoms. The number of halogens is 2. The van der Waals surface area contributed by atoms with Crippen LogP contribution in [0.4, 0.5) is 5.82 Å². The number of hydrogen-bond acceptors (Lipinski definition) is 9. The van der Waals surface area contributed by atoms with Gasteiger partial charge in [0, 0.05) is 36.3 Å². The largest absolute Gasteiger partial charge is 0.495 e. The number of likely N-dealkylation sites (N-methyl/N-ethyl adjacent to an activating group) is 1. The van der Waals surface area contributed by atoms with Gasteiger partial charge in [-0.25, -0.2) is 15.0 Å². The van der Waals surface area contributed by atoms with E-state index in [4.69, 9.17) is 42.4 Å². The second-order valence-corrected chi connectivity index (χ2v) is 8.81. The van der Waals surface area contributed by atoms with Gasteiger partial charge in [-0.3, -0.25) is 0 Å². The van der Waals surface area contributed by atoms with E-state index in [1.165, 1.54) is 26.0 Å². The molecule has 0 fully saturated rings. The van der Waals surface area contributed by atoms with Crippen molar-refractivity contribution in [1.82, 2.24) is 19.9 Å². The molecule has 0 aliphatic rings. The van der Waals surface area contributed by atoms with E-state index in [1.807, 2.05) is 26.4 Å². The summed E-state index contributed by atoms with van der Waals surface area (Å²) in [5, 5.41) is 5.47. The SMILES string of the molecule is COc1cc(OC)c(Cl)c(-c2cc3cnc(SC)nc3c(NCCOCCN(C)C)n2)c1Cl. The number of nitrogens with one attached hydrogen (secondary N) is 1. The zero-order valence-corrected chi connectivity index (χ0v) is 21.6. The topological polar surface area (TPSA) is 81.6 Å². The third-order valence-electron chi connectivity index (χ3n) is 4.78. The van der Waals surface area contributed by atoms with Crippen molar-refractivity contribution in [3.63, 3.8) is 0 Å². The van der Waals surface area contributed by atoms with Crippen molar-refractivity contribution in [1.29, 1.82) is 0 Å². The van der Waals surface area contributed by atoms with E-state index in [-0.39, 0.29) is 0 Å².